The van der Waals surface area contributed by atoms with Gasteiger partial charge in [-0.15, -0.1) is 0 Å². The molecule has 0 aromatic heterocycles. The highest BCUT2D eigenvalue weighted by molar-refractivity contribution is 5.94. The monoisotopic (exact) mass is 262 g/mol. The summed E-state index contributed by atoms with van der Waals surface area (Å²) < 4.78 is 5.35. The maximum Gasteiger partial charge on any atom is 0.253 e. The molecule has 1 saturated heterocycles. The van der Waals surface area contributed by atoms with Crippen LogP contribution in [0, 0.1) is 0 Å². The fraction of sp³-hybridized carbons (Fsp3) is 0.533. The zero-order chi connectivity index (χ0) is 13.9. The predicted molar refractivity (Wildman–Crippen MR) is 77.4 cm³/mol. The van der Waals surface area contributed by atoms with Crippen molar-refractivity contribution in [3.05, 3.63) is 24.3 Å². The van der Waals surface area contributed by atoms with Crippen LogP contribution in [-0.2, 0) is 9.53 Å². The summed E-state index contributed by atoms with van der Waals surface area (Å²) >= 11 is 0. The fourth-order valence-corrected chi connectivity index (χ4v) is 2.08. The molecule has 1 aromatic rings. The van der Waals surface area contributed by atoms with Gasteiger partial charge >= 0.3 is 0 Å². The lowest BCUT2D eigenvalue weighted by Crippen LogP contribution is -2.27. The first-order valence-corrected chi connectivity index (χ1v) is 6.75. The molecule has 0 aliphatic carbocycles. The van der Waals surface area contributed by atoms with E-state index in [4.69, 9.17) is 4.74 Å². The molecule has 4 heteroatoms. The van der Waals surface area contributed by atoms with E-state index in [0.29, 0.717) is 6.61 Å². The lowest BCUT2D eigenvalue weighted by atomic mass is 10.1. The van der Waals surface area contributed by atoms with Gasteiger partial charge in [0.05, 0.1) is 0 Å². The van der Waals surface area contributed by atoms with E-state index in [9.17, 15) is 4.79 Å². The first-order chi connectivity index (χ1) is 8.94. The first kappa shape index (κ1) is 13.9. The van der Waals surface area contributed by atoms with Gasteiger partial charge < -0.3 is 15.4 Å². The average molecular weight is 262 g/mol. The quantitative estimate of drug-likeness (QED) is 0.880. The third-order valence-corrected chi connectivity index (χ3v) is 2.89. The molecule has 1 aromatic carbocycles. The molecule has 0 bridgehead atoms. The van der Waals surface area contributed by atoms with Crippen molar-refractivity contribution in [1.29, 1.82) is 0 Å². The highest BCUT2D eigenvalue weighted by atomic mass is 16.5. The normalized spacial score (nSPS) is 19.2. The van der Waals surface area contributed by atoms with Crippen LogP contribution in [0.1, 0.15) is 33.6 Å². The summed E-state index contributed by atoms with van der Waals surface area (Å²) in [5.74, 6) is -0.0472. The number of carbonyl (C=O) groups is 1. The molecule has 1 amide bonds. The van der Waals surface area contributed by atoms with Crippen molar-refractivity contribution < 1.29 is 9.53 Å². The largest absolute Gasteiger partial charge is 0.380 e. The molecule has 1 fully saturated rings. The SMILES string of the molecule is CC(C)(C)Nc1ccc(NC(=O)C2CCCO2)cc1. The number of carbonyl (C=O) groups excluding carboxylic acids is 1. The summed E-state index contributed by atoms with van der Waals surface area (Å²) in [6, 6.07) is 7.74. The van der Waals surface area contributed by atoms with Gasteiger partial charge in [-0.05, 0) is 57.9 Å². The van der Waals surface area contributed by atoms with E-state index in [1.54, 1.807) is 0 Å². The Morgan fingerprint density at radius 2 is 1.84 bits per heavy atom. The van der Waals surface area contributed by atoms with Gasteiger partial charge in [0, 0.05) is 23.5 Å². The second-order valence-electron chi connectivity index (χ2n) is 5.94. The molecule has 2 N–H and O–H groups in total. The third kappa shape index (κ3) is 4.24. The molecular formula is C15H22N2O2. The van der Waals surface area contributed by atoms with Crippen LogP contribution in [0.5, 0.6) is 0 Å². The molecule has 0 radical (unpaired) electrons. The molecule has 2 rings (SSSR count). The minimum Gasteiger partial charge on any atom is -0.380 e. The Labute approximate surface area is 114 Å². The summed E-state index contributed by atoms with van der Waals surface area (Å²) in [5, 5.41) is 6.26. The Morgan fingerprint density at radius 1 is 1.21 bits per heavy atom. The average Bonchev–Trinajstić information content (AvgIpc) is 2.83. The van der Waals surface area contributed by atoms with E-state index in [-0.39, 0.29) is 17.6 Å². The topological polar surface area (TPSA) is 50.4 Å². The number of amides is 1. The first-order valence-electron chi connectivity index (χ1n) is 6.75. The van der Waals surface area contributed by atoms with E-state index in [1.165, 1.54) is 0 Å². The molecule has 19 heavy (non-hydrogen) atoms. The van der Waals surface area contributed by atoms with Gasteiger partial charge in [-0.25, -0.2) is 0 Å². The summed E-state index contributed by atoms with van der Waals surface area (Å²) in [5.41, 5.74) is 1.88. The Morgan fingerprint density at radius 3 is 2.37 bits per heavy atom. The zero-order valence-corrected chi connectivity index (χ0v) is 11.8. The fourth-order valence-electron chi connectivity index (χ4n) is 2.08. The number of benzene rings is 1. The Balaban J connectivity index is 1.93. The summed E-state index contributed by atoms with van der Waals surface area (Å²) in [6.45, 7) is 7.02. The minimum atomic E-state index is -0.285. The van der Waals surface area contributed by atoms with Crippen LogP contribution in [0.4, 0.5) is 11.4 Å². The van der Waals surface area contributed by atoms with Crippen molar-refractivity contribution in [2.75, 3.05) is 17.2 Å². The van der Waals surface area contributed by atoms with Crippen molar-refractivity contribution in [2.24, 2.45) is 0 Å². The lowest BCUT2D eigenvalue weighted by Gasteiger charge is -2.22. The van der Waals surface area contributed by atoms with Crippen LogP contribution in [0.3, 0.4) is 0 Å². The van der Waals surface area contributed by atoms with E-state index in [0.717, 1.165) is 24.2 Å². The second-order valence-corrected chi connectivity index (χ2v) is 5.94. The number of hydrogen-bond acceptors (Lipinski definition) is 3. The Kier molecular flexibility index (Phi) is 4.10. The van der Waals surface area contributed by atoms with Crippen LogP contribution in [-0.4, -0.2) is 24.2 Å². The van der Waals surface area contributed by atoms with Crippen LogP contribution < -0.4 is 10.6 Å². The predicted octanol–water partition coefficient (Wildman–Crippen LogP) is 3.01. The van der Waals surface area contributed by atoms with Gasteiger partial charge in [0.2, 0.25) is 0 Å². The van der Waals surface area contributed by atoms with E-state index < -0.39 is 0 Å². The molecule has 1 atom stereocenters. The minimum absolute atomic E-state index is 0.0302. The van der Waals surface area contributed by atoms with Gasteiger partial charge in [-0.3, -0.25) is 4.79 Å². The number of nitrogens with one attached hydrogen (secondary N) is 2. The van der Waals surface area contributed by atoms with Crippen molar-refractivity contribution in [3.8, 4) is 0 Å². The van der Waals surface area contributed by atoms with Gasteiger partial charge in [-0.2, -0.15) is 0 Å². The maximum atomic E-state index is 11.9. The number of rotatable bonds is 3. The Bertz CT molecular complexity index is 428. The van der Waals surface area contributed by atoms with Crippen molar-refractivity contribution in [2.45, 2.75) is 45.3 Å². The number of hydrogen-bond donors (Lipinski definition) is 2. The highest BCUT2D eigenvalue weighted by Gasteiger charge is 2.23. The van der Waals surface area contributed by atoms with Crippen LogP contribution in [0.15, 0.2) is 24.3 Å². The van der Waals surface area contributed by atoms with Crippen LogP contribution >= 0.6 is 0 Å². The summed E-state index contributed by atoms with van der Waals surface area (Å²) in [7, 11) is 0. The van der Waals surface area contributed by atoms with Gasteiger partial charge in [-0.1, -0.05) is 0 Å². The molecule has 1 aliphatic heterocycles. The number of ether oxygens (including phenoxy) is 1. The van der Waals surface area contributed by atoms with Gasteiger partial charge in [0.25, 0.3) is 5.91 Å². The summed E-state index contributed by atoms with van der Waals surface area (Å²) in [6.07, 6.45) is 1.49. The van der Waals surface area contributed by atoms with E-state index in [1.807, 2.05) is 24.3 Å². The molecule has 1 heterocycles. The Hall–Kier alpha value is -1.55. The molecular weight excluding hydrogens is 240 g/mol. The van der Waals surface area contributed by atoms with Crippen molar-refractivity contribution >= 4 is 17.3 Å². The van der Waals surface area contributed by atoms with E-state index >= 15 is 0 Å². The van der Waals surface area contributed by atoms with Crippen molar-refractivity contribution in [1.82, 2.24) is 0 Å². The number of anilines is 2. The van der Waals surface area contributed by atoms with Crippen LogP contribution in [0.25, 0.3) is 0 Å². The highest BCUT2D eigenvalue weighted by Crippen LogP contribution is 2.19. The molecule has 1 unspecified atom stereocenters. The van der Waals surface area contributed by atoms with E-state index in [2.05, 4.69) is 31.4 Å². The van der Waals surface area contributed by atoms with Gasteiger partial charge in [0.1, 0.15) is 6.10 Å². The molecule has 104 valence electrons. The molecule has 4 nitrogen and oxygen atoms in total. The standard InChI is InChI=1S/C15H22N2O2/c1-15(2,3)17-12-8-6-11(7-9-12)16-14(18)13-5-4-10-19-13/h6-9,13,17H,4-5,10H2,1-3H3,(H,16,18). The lowest BCUT2D eigenvalue weighted by molar-refractivity contribution is -0.124. The molecule has 1 aliphatic rings. The second kappa shape index (κ2) is 5.61. The smallest absolute Gasteiger partial charge is 0.253 e. The van der Waals surface area contributed by atoms with Crippen LogP contribution in [0.2, 0.25) is 0 Å². The van der Waals surface area contributed by atoms with Gasteiger partial charge in [0.15, 0.2) is 0 Å². The zero-order valence-electron chi connectivity index (χ0n) is 11.8. The summed E-state index contributed by atoms with van der Waals surface area (Å²) in [4.78, 5) is 11.9. The molecule has 0 spiro atoms. The maximum absolute atomic E-state index is 11.9. The molecule has 0 saturated carbocycles. The van der Waals surface area contributed by atoms with Crippen molar-refractivity contribution in [3.63, 3.8) is 0 Å². The third-order valence-electron chi connectivity index (χ3n) is 2.89.